The molecule has 5 aromatic rings. The van der Waals surface area contributed by atoms with Crippen LogP contribution in [0.5, 0.6) is 0 Å². The molecule has 342 valence electrons. The van der Waals surface area contributed by atoms with E-state index in [9.17, 15) is 59.6 Å². The van der Waals surface area contributed by atoms with Gasteiger partial charge >= 0.3 is 20.8 Å². The Morgan fingerprint density at radius 2 is 0.859 bits per heavy atom. The van der Waals surface area contributed by atoms with E-state index in [4.69, 9.17) is 20.6 Å². The van der Waals surface area contributed by atoms with E-state index in [1.165, 1.54) is 30.3 Å². The van der Waals surface area contributed by atoms with Gasteiger partial charge in [-0.15, -0.1) is 20.5 Å². The number of sulfone groups is 2. The van der Waals surface area contributed by atoms with Crippen molar-refractivity contribution in [2.75, 3.05) is 36.2 Å². The maximum Gasteiger partial charge on any atom is 0.397 e. The van der Waals surface area contributed by atoms with Gasteiger partial charge in [0.25, 0.3) is 20.2 Å². The van der Waals surface area contributed by atoms with Gasteiger partial charge < -0.3 is 11.5 Å². The first-order valence-electron chi connectivity index (χ1n) is 16.9. The average Bonchev–Trinajstić information content (AvgIpc) is 3.18. The molecule has 5 aromatic carbocycles. The molecule has 0 saturated carbocycles. The molecule has 0 aliphatic carbocycles. The minimum atomic E-state index is -5.09. The van der Waals surface area contributed by atoms with Crippen molar-refractivity contribution in [1.29, 1.82) is 0 Å². The summed E-state index contributed by atoms with van der Waals surface area (Å²) in [6.07, 6.45) is 0. The van der Waals surface area contributed by atoms with Gasteiger partial charge in [0.15, 0.2) is 19.7 Å². The number of nitrogens with two attached hydrogens (primary N) is 2. The summed E-state index contributed by atoms with van der Waals surface area (Å²) in [6.45, 7) is -1.73. The maximum absolute atomic E-state index is 12.5. The molecule has 0 bridgehead atoms. The van der Waals surface area contributed by atoms with Gasteiger partial charge in [0.2, 0.25) is 0 Å². The van der Waals surface area contributed by atoms with Crippen molar-refractivity contribution < 1.29 is 77.1 Å². The van der Waals surface area contributed by atoms with Gasteiger partial charge in [-0.25, -0.2) is 25.2 Å². The normalized spacial score (nSPS) is 13.4. The molecule has 0 aliphatic rings. The summed E-state index contributed by atoms with van der Waals surface area (Å²) in [6, 6.07) is 15.8. The number of nitrogens with zero attached hydrogens (tertiary/aromatic N) is 6. The Morgan fingerprint density at radius 3 is 1.31 bits per heavy atom. The lowest BCUT2D eigenvalue weighted by molar-refractivity contribution is 0.282. The fraction of sp³-hybridized carbons (Fsp3) is 0.125. The smallest absolute Gasteiger partial charge is 0.396 e. The average molecular weight is 1010 g/mol. The number of anilines is 2. The lowest BCUT2D eigenvalue weighted by Gasteiger charge is -2.11. The Bertz CT molecular complexity index is 3420. The standard InChI is InChI=1S/C32H30N8O18S6/c33-30-28(18-29(62(48,49)50)31(34)32(30)40-36-20-3-7-22(8-4-20)60(43,44)16-14-58-64(54,55)56)39-38-26-11-12-27(25-17-23(61(45,46)47)9-10-24(25)26)37-35-19-1-5-21(6-2-19)59(41,42)15-13-57-63(51,52)53/h1-12,17-18H,13-16,33-34H2,(H,45,46,47)(H,48,49,50)(H,51,52,53)(H,54,55,56)/b37-35+,39-38+,40-36+. The number of rotatable bonds is 18. The quantitative estimate of drug-likeness (QED) is 0.0385. The summed E-state index contributed by atoms with van der Waals surface area (Å²) in [4.78, 5) is -2.05. The topological polar surface area (TPSA) is 430 Å². The van der Waals surface area contributed by atoms with Crippen LogP contribution in [0.15, 0.2) is 135 Å². The van der Waals surface area contributed by atoms with Gasteiger partial charge in [0.1, 0.15) is 16.3 Å². The molecule has 0 amide bonds. The summed E-state index contributed by atoms with van der Waals surface area (Å²) < 4.78 is 187. The SMILES string of the molecule is Nc1c(/N=N/c2ccc(/N=N/c3ccc(S(=O)(=O)CCOS(=O)(=O)O)cc3)c3cc(S(=O)(=O)O)ccc23)cc(S(=O)(=O)O)c(N)c1/N=N/c1ccc(S(=O)(=O)CCOS(=O)(=O)O)cc1. The molecule has 0 unspecified atom stereocenters. The fourth-order valence-electron chi connectivity index (χ4n) is 5.20. The van der Waals surface area contributed by atoms with Crippen LogP contribution in [0.4, 0.5) is 45.5 Å². The molecule has 0 fully saturated rings. The third kappa shape index (κ3) is 12.9. The first-order chi connectivity index (χ1) is 29.5. The van der Waals surface area contributed by atoms with Crippen molar-refractivity contribution in [1.82, 2.24) is 0 Å². The molecule has 32 heteroatoms. The highest BCUT2D eigenvalue weighted by Crippen LogP contribution is 2.44. The molecule has 0 atom stereocenters. The van der Waals surface area contributed by atoms with Crippen molar-refractivity contribution in [3.05, 3.63) is 84.9 Å². The van der Waals surface area contributed by atoms with Crippen molar-refractivity contribution in [3.63, 3.8) is 0 Å². The molecule has 0 radical (unpaired) electrons. The minimum absolute atomic E-state index is 0.0111. The third-order valence-electron chi connectivity index (χ3n) is 8.20. The fourth-order valence-corrected chi connectivity index (χ4v) is 9.32. The predicted octanol–water partition coefficient (Wildman–Crippen LogP) is 4.93. The van der Waals surface area contributed by atoms with E-state index in [2.05, 4.69) is 39.1 Å². The van der Waals surface area contributed by atoms with Crippen LogP contribution in [0.2, 0.25) is 0 Å². The van der Waals surface area contributed by atoms with Crippen LogP contribution in [-0.4, -0.2) is 93.4 Å². The summed E-state index contributed by atoms with van der Waals surface area (Å²) >= 11 is 0. The Hall–Kier alpha value is -5.78. The predicted molar refractivity (Wildman–Crippen MR) is 223 cm³/mol. The van der Waals surface area contributed by atoms with E-state index >= 15 is 0 Å². The lowest BCUT2D eigenvalue weighted by atomic mass is 10.1. The highest BCUT2D eigenvalue weighted by molar-refractivity contribution is 7.91. The molecule has 0 spiro atoms. The third-order valence-corrected chi connectivity index (χ3v) is 14.3. The van der Waals surface area contributed by atoms with Crippen LogP contribution < -0.4 is 11.5 Å². The highest BCUT2D eigenvalue weighted by atomic mass is 32.3. The van der Waals surface area contributed by atoms with E-state index in [0.717, 1.165) is 54.6 Å². The highest BCUT2D eigenvalue weighted by Gasteiger charge is 2.23. The van der Waals surface area contributed by atoms with Crippen LogP contribution in [0.25, 0.3) is 10.8 Å². The monoisotopic (exact) mass is 1010 g/mol. The first-order valence-corrected chi connectivity index (χ1v) is 25.8. The van der Waals surface area contributed by atoms with E-state index in [1.54, 1.807) is 0 Å². The van der Waals surface area contributed by atoms with E-state index in [-0.39, 0.29) is 43.3 Å². The van der Waals surface area contributed by atoms with Gasteiger partial charge in [-0.2, -0.15) is 43.9 Å². The molecule has 0 heterocycles. The van der Waals surface area contributed by atoms with Crippen LogP contribution >= 0.6 is 0 Å². The number of benzene rings is 5. The Labute approximate surface area is 363 Å². The molecule has 26 nitrogen and oxygen atoms in total. The molecular weight excluding hydrogens is 977 g/mol. The number of hydrogen-bond donors (Lipinski definition) is 6. The number of fused-ring (bicyclic) bond motifs is 1. The van der Waals surface area contributed by atoms with Crippen molar-refractivity contribution in [2.24, 2.45) is 30.7 Å². The zero-order valence-electron chi connectivity index (χ0n) is 31.7. The van der Waals surface area contributed by atoms with E-state index < -0.39 is 118 Å². The first kappa shape index (κ1) is 49.2. The van der Waals surface area contributed by atoms with Crippen molar-refractivity contribution >= 4 is 117 Å². The van der Waals surface area contributed by atoms with Crippen LogP contribution in [0.3, 0.4) is 0 Å². The second kappa shape index (κ2) is 18.7. The zero-order chi connectivity index (χ0) is 47.5. The van der Waals surface area contributed by atoms with Gasteiger partial charge in [-0.3, -0.25) is 18.2 Å². The maximum atomic E-state index is 12.5. The van der Waals surface area contributed by atoms with E-state index in [0.29, 0.717) is 0 Å². The van der Waals surface area contributed by atoms with Crippen LogP contribution in [-0.2, 0) is 69.1 Å². The largest absolute Gasteiger partial charge is 0.397 e. The van der Waals surface area contributed by atoms with Crippen molar-refractivity contribution in [3.8, 4) is 0 Å². The number of nitrogen functional groups attached to an aromatic ring is 2. The van der Waals surface area contributed by atoms with Gasteiger partial charge in [-0.05, 0) is 78.9 Å². The molecule has 0 aliphatic heterocycles. The van der Waals surface area contributed by atoms with Gasteiger partial charge in [-0.1, -0.05) is 6.07 Å². The molecule has 0 aromatic heterocycles. The molecule has 5 rings (SSSR count). The number of hydrogen-bond acceptors (Lipinski definition) is 22. The van der Waals surface area contributed by atoms with Crippen LogP contribution in [0.1, 0.15) is 0 Å². The van der Waals surface area contributed by atoms with Gasteiger partial charge in [0, 0.05) is 10.8 Å². The Balaban J connectivity index is 1.48. The number of azo groups is 3. The molecular formula is C32H30N8O18S6. The Kier molecular flexibility index (Phi) is 14.4. The summed E-state index contributed by atoms with van der Waals surface area (Å²) in [7, 11) is -27.8. The molecule has 64 heavy (non-hydrogen) atoms. The van der Waals surface area contributed by atoms with Crippen molar-refractivity contribution in [2.45, 2.75) is 19.6 Å². The zero-order valence-corrected chi connectivity index (χ0v) is 36.6. The summed E-state index contributed by atoms with van der Waals surface area (Å²) in [5, 5.41) is 24.2. The summed E-state index contributed by atoms with van der Waals surface area (Å²) in [5.41, 5.74) is 10.2. The second-order valence-corrected chi connectivity index (χ2v) is 21.8. The van der Waals surface area contributed by atoms with Gasteiger partial charge in [0.05, 0.1) is 73.5 Å². The molecule has 0 saturated heterocycles. The Morgan fingerprint density at radius 1 is 0.438 bits per heavy atom. The summed E-state index contributed by atoms with van der Waals surface area (Å²) in [5.74, 6) is -1.62. The lowest BCUT2D eigenvalue weighted by Crippen LogP contribution is -2.15. The second-order valence-electron chi connectivity index (χ2n) is 12.6. The van der Waals surface area contributed by atoms with E-state index in [1.807, 2.05) is 0 Å². The minimum Gasteiger partial charge on any atom is -0.396 e. The van der Waals surface area contributed by atoms with Crippen LogP contribution in [0, 0.1) is 0 Å². The molecule has 8 N–H and O–H groups in total.